The molecule has 1 atom stereocenters. The van der Waals surface area contributed by atoms with Crippen molar-refractivity contribution in [1.29, 1.82) is 0 Å². The van der Waals surface area contributed by atoms with Gasteiger partial charge >= 0.3 is 6.01 Å². The van der Waals surface area contributed by atoms with Crippen LogP contribution in [0, 0.1) is 0 Å². The monoisotopic (exact) mass is 372 g/mol. The predicted molar refractivity (Wildman–Crippen MR) is 110 cm³/mol. The van der Waals surface area contributed by atoms with Crippen LogP contribution < -0.4 is 16.0 Å². The molecule has 0 amide bonds. The summed E-state index contributed by atoms with van der Waals surface area (Å²) in [4.78, 5) is 22.0. The number of para-hydroxylation sites is 1. The van der Waals surface area contributed by atoms with E-state index in [1.807, 2.05) is 61.5 Å². The lowest BCUT2D eigenvalue weighted by atomic mass is 9.99. The van der Waals surface area contributed by atoms with Crippen LogP contribution in [0.5, 0.6) is 6.01 Å². The van der Waals surface area contributed by atoms with Gasteiger partial charge in [0.15, 0.2) is 0 Å². The summed E-state index contributed by atoms with van der Waals surface area (Å²) < 4.78 is 6.71. The summed E-state index contributed by atoms with van der Waals surface area (Å²) in [6, 6.07) is 17.2. The molecule has 2 N–H and O–H groups in total. The number of methoxy groups -OCH3 is 1. The molecule has 0 radical (unpaired) electrons. The van der Waals surface area contributed by atoms with E-state index >= 15 is 0 Å². The van der Waals surface area contributed by atoms with Crippen molar-refractivity contribution in [3.63, 3.8) is 0 Å². The highest BCUT2D eigenvalue weighted by atomic mass is 16.5. The largest absolute Gasteiger partial charge is 0.467 e. The zero-order chi connectivity index (χ0) is 19.7. The van der Waals surface area contributed by atoms with E-state index in [0.717, 1.165) is 27.9 Å². The summed E-state index contributed by atoms with van der Waals surface area (Å²) in [5.74, 6) is 0. The fourth-order valence-corrected chi connectivity index (χ4v) is 3.36. The standard InChI is InChI=1S/C22H20N4O2/c1-14(23)19-11-15-7-6-10-18(16-12-24-22(28-2)25-13-16)20(15)21(27)26(19)17-8-4-3-5-9-17/h3-14H,23H2,1-2H3. The molecule has 2 heterocycles. The molecule has 140 valence electrons. The van der Waals surface area contributed by atoms with Crippen LogP contribution in [-0.4, -0.2) is 21.6 Å². The maximum absolute atomic E-state index is 13.6. The first-order valence-corrected chi connectivity index (χ1v) is 8.96. The number of ether oxygens (including phenoxy) is 1. The van der Waals surface area contributed by atoms with Crippen molar-refractivity contribution in [3.05, 3.63) is 83.0 Å². The van der Waals surface area contributed by atoms with Crippen LogP contribution >= 0.6 is 0 Å². The minimum atomic E-state index is -0.301. The van der Waals surface area contributed by atoms with Crippen LogP contribution in [0.1, 0.15) is 18.7 Å². The third-order valence-electron chi connectivity index (χ3n) is 4.68. The number of hydrogen-bond donors (Lipinski definition) is 1. The second-order valence-corrected chi connectivity index (χ2v) is 6.56. The zero-order valence-corrected chi connectivity index (χ0v) is 15.7. The maximum Gasteiger partial charge on any atom is 0.316 e. The van der Waals surface area contributed by atoms with Crippen molar-refractivity contribution in [2.45, 2.75) is 13.0 Å². The second kappa shape index (κ2) is 7.25. The summed E-state index contributed by atoms with van der Waals surface area (Å²) in [5.41, 5.74) is 9.13. The first-order valence-electron chi connectivity index (χ1n) is 8.96. The van der Waals surface area contributed by atoms with Gasteiger partial charge in [-0.05, 0) is 36.1 Å². The first kappa shape index (κ1) is 17.9. The number of nitrogens with zero attached hydrogens (tertiary/aromatic N) is 3. The van der Waals surface area contributed by atoms with E-state index in [-0.39, 0.29) is 17.6 Å². The number of aromatic nitrogens is 3. The highest BCUT2D eigenvalue weighted by Crippen LogP contribution is 2.28. The summed E-state index contributed by atoms with van der Waals surface area (Å²) in [6.07, 6.45) is 3.32. The molecular formula is C22H20N4O2. The van der Waals surface area contributed by atoms with Crippen LogP contribution in [0.25, 0.3) is 27.6 Å². The van der Waals surface area contributed by atoms with Crippen LogP contribution in [0.15, 0.2) is 71.8 Å². The number of pyridine rings is 1. The molecule has 6 nitrogen and oxygen atoms in total. The summed E-state index contributed by atoms with van der Waals surface area (Å²) in [7, 11) is 1.51. The van der Waals surface area contributed by atoms with Gasteiger partial charge in [-0.1, -0.05) is 36.4 Å². The van der Waals surface area contributed by atoms with E-state index in [4.69, 9.17) is 10.5 Å². The highest BCUT2D eigenvalue weighted by molar-refractivity contribution is 5.96. The molecule has 0 aliphatic heterocycles. The molecule has 1 unspecified atom stereocenters. The fourth-order valence-electron chi connectivity index (χ4n) is 3.36. The third-order valence-corrected chi connectivity index (χ3v) is 4.68. The molecular weight excluding hydrogens is 352 g/mol. The molecule has 0 saturated carbocycles. The van der Waals surface area contributed by atoms with Crippen molar-refractivity contribution >= 4 is 10.8 Å². The van der Waals surface area contributed by atoms with Crippen LogP contribution in [0.4, 0.5) is 0 Å². The molecule has 0 spiro atoms. The third kappa shape index (κ3) is 3.04. The Hall–Kier alpha value is -3.51. The van der Waals surface area contributed by atoms with Crippen LogP contribution in [0.3, 0.4) is 0 Å². The van der Waals surface area contributed by atoms with Gasteiger partial charge in [0.1, 0.15) is 0 Å². The Bertz CT molecular complexity index is 1180. The normalized spacial score (nSPS) is 12.1. The first-order chi connectivity index (χ1) is 13.6. The molecule has 6 heteroatoms. The highest BCUT2D eigenvalue weighted by Gasteiger charge is 2.17. The molecule has 0 aliphatic rings. The SMILES string of the molecule is COc1ncc(-c2cccc3cc(C(C)N)n(-c4ccccc4)c(=O)c23)cn1. The van der Waals surface area contributed by atoms with E-state index in [1.54, 1.807) is 17.0 Å². The number of rotatable bonds is 4. The lowest BCUT2D eigenvalue weighted by Crippen LogP contribution is -2.26. The Morgan fingerprint density at radius 2 is 1.75 bits per heavy atom. The van der Waals surface area contributed by atoms with Gasteiger partial charge in [0.05, 0.1) is 12.5 Å². The van der Waals surface area contributed by atoms with Crippen molar-refractivity contribution in [2.75, 3.05) is 7.11 Å². The summed E-state index contributed by atoms with van der Waals surface area (Å²) in [5, 5.41) is 1.43. The minimum absolute atomic E-state index is 0.123. The van der Waals surface area contributed by atoms with Crippen molar-refractivity contribution in [2.24, 2.45) is 5.73 Å². The molecule has 0 saturated heterocycles. The van der Waals surface area contributed by atoms with Gasteiger partial charge in [-0.3, -0.25) is 9.36 Å². The quantitative estimate of drug-likeness (QED) is 0.593. The Kier molecular flexibility index (Phi) is 4.63. The van der Waals surface area contributed by atoms with E-state index in [0.29, 0.717) is 5.39 Å². The predicted octanol–water partition coefficient (Wildman–Crippen LogP) is 3.48. The summed E-state index contributed by atoms with van der Waals surface area (Å²) >= 11 is 0. The van der Waals surface area contributed by atoms with Gasteiger partial charge in [-0.25, -0.2) is 9.97 Å². The molecule has 0 fully saturated rings. The van der Waals surface area contributed by atoms with E-state index in [2.05, 4.69) is 9.97 Å². The summed E-state index contributed by atoms with van der Waals surface area (Å²) in [6.45, 7) is 1.88. The molecule has 2 aromatic heterocycles. The molecule has 28 heavy (non-hydrogen) atoms. The van der Waals surface area contributed by atoms with Gasteiger partial charge in [-0.15, -0.1) is 0 Å². The average Bonchev–Trinajstić information content (AvgIpc) is 2.73. The lowest BCUT2D eigenvalue weighted by Gasteiger charge is -2.18. The zero-order valence-electron chi connectivity index (χ0n) is 15.7. The number of fused-ring (bicyclic) bond motifs is 1. The Morgan fingerprint density at radius 3 is 2.39 bits per heavy atom. The van der Waals surface area contributed by atoms with Crippen LogP contribution in [-0.2, 0) is 0 Å². The Labute approximate surface area is 162 Å². The minimum Gasteiger partial charge on any atom is -0.467 e. The lowest BCUT2D eigenvalue weighted by molar-refractivity contribution is 0.380. The van der Waals surface area contributed by atoms with Crippen LogP contribution in [0.2, 0.25) is 0 Å². The topological polar surface area (TPSA) is 83.0 Å². The van der Waals surface area contributed by atoms with Crippen molar-refractivity contribution in [3.8, 4) is 22.8 Å². The van der Waals surface area contributed by atoms with Gasteiger partial charge in [-0.2, -0.15) is 0 Å². The number of benzene rings is 2. The Balaban J connectivity index is 2.05. The molecule has 4 aromatic rings. The van der Waals surface area contributed by atoms with Crippen molar-refractivity contribution < 1.29 is 4.74 Å². The second-order valence-electron chi connectivity index (χ2n) is 6.56. The van der Waals surface area contributed by atoms with Crippen molar-refractivity contribution in [1.82, 2.24) is 14.5 Å². The fraction of sp³-hybridized carbons (Fsp3) is 0.136. The number of nitrogens with two attached hydrogens (primary N) is 1. The smallest absolute Gasteiger partial charge is 0.316 e. The van der Waals surface area contributed by atoms with Gasteiger partial charge < -0.3 is 10.5 Å². The molecule has 2 aromatic carbocycles. The van der Waals surface area contributed by atoms with Gasteiger partial charge in [0.25, 0.3) is 5.56 Å². The maximum atomic E-state index is 13.6. The molecule has 0 bridgehead atoms. The number of hydrogen-bond acceptors (Lipinski definition) is 5. The molecule has 0 aliphatic carbocycles. The van der Waals surface area contributed by atoms with Gasteiger partial charge in [0, 0.05) is 35.4 Å². The molecule has 4 rings (SSSR count). The van der Waals surface area contributed by atoms with E-state index in [1.165, 1.54) is 7.11 Å². The van der Waals surface area contributed by atoms with E-state index < -0.39 is 0 Å². The Morgan fingerprint density at radius 1 is 1.04 bits per heavy atom. The van der Waals surface area contributed by atoms with E-state index in [9.17, 15) is 4.79 Å². The van der Waals surface area contributed by atoms with Gasteiger partial charge in [0.2, 0.25) is 0 Å². The average molecular weight is 372 g/mol.